The van der Waals surface area contributed by atoms with E-state index >= 15 is 0 Å². The van der Waals surface area contributed by atoms with Crippen molar-refractivity contribution in [3.8, 4) is 0 Å². The quantitative estimate of drug-likeness (QED) is 0.303. The molecule has 0 saturated heterocycles. The fraction of sp³-hybridized carbons (Fsp3) is 0.167. The van der Waals surface area contributed by atoms with Crippen molar-refractivity contribution in [1.29, 1.82) is 0 Å². The van der Waals surface area contributed by atoms with Gasteiger partial charge in [-0.1, -0.05) is 36.4 Å². The van der Waals surface area contributed by atoms with Gasteiger partial charge in [-0.15, -0.1) is 11.8 Å². The van der Waals surface area contributed by atoms with Crippen molar-refractivity contribution >= 4 is 39.6 Å². The number of amides is 1. The number of hydrazone groups is 1. The number of hydrogen-bond donors (Lipinski definition) is 1. The molecule has 1 N–H and O–H groups in total. The third-order valence-electron chi connectivity index (χ3n) is 4.63. The molecule has 0 aliphatic heterocycles. The first kappa shape index (κ1) is 23.6. The predicted octanol–water partition coefficient (Wildman–Crippen LogP) is 4.37. The number of thioether (sulfide) groups is 1. The lowest BCUT2D eigenvalue weighted by molar-refractivity contribution is -0.119. The lowest BCUT2D eigenvalue weighted by Gasteiger charge is -2.24. The molecular formula is C24H25N3O3S2. The molecule has 0 aliphatic carbocycles. The van der Waals surface area contributed by atoms with E-state index in [-0.39, 0.29) is 4.90 Å². The average molecular weight is 468 g/mol. The van der Waals surface area contributed by atoms with Crippen LogP contribution in [0.15, 0.2) is 87.7 Å². The van der Waals surface area contributed by atoms with Crippen LogP contribution in [0.3, 0.4) is 0 Å². The first-order valence-electron chi connectivity index (χ1n) is 9.91. The molecule has 1 amide bonds. The van der Waals surface area contributed by atoms with Crippen molar-refractivity contribution in [3.05, 3.63) is 89.5 Å². The molecule has 0 heterocycles. The van der Waals surface area contributed by atoms with Crippen molar-refractivity contribution in [1.82, 2.24) is 5.43 Å². The van der Waals surface area contributed by atoms with Crippen LogP contribution in [-0.4, -0.2) is 33.3 Å². The minimum atomic E-state index is -3.95. The summed E-state index contributed by atoms with van der Waals surface area (Å²) in [6.07, 6.45) is 3.52. The van der Waals surface area contributed by atoms with Crippen LogP contribution < -0.4 is 9.73 Å². The maximum absolute atomic E-state index is 13.4. The van der Waals surface area contributed by atoms with Gasteiger partial charge in [0.1, 0.15) is 6.54 Å². The largest absolute Gasteiger partial charge is 0.271 e. The van der Waals surface area contributed by atoms with E-state index in [0.29, 0.717) is 5.69 Å². The van der Waals surface area contributed by atoms with Crippen LogP contribution in [0.5, 0.6) is 0 Å². The lowest BCUT2D eigenvalue weighted by Crippen LogP contribution is -2.39. The summed E-state index contributed by atoms with van der Waals surface area (Å²) in [4.78, 5) is 13.9. The van der Waals surface area contributed by atoms with Gasteiger partial charge in [-0.05, 0) is 73.2 Å². The monoisotopic (exact) mass is 467 g/mol. The van der Waals surface area contributed by atoms with Gasteiger partial charge in [-0.3, -0.25) is 9.10 Å². The van der Waals surface area contributed by atoms with E-state index in [9.17, 15) is 13.2 Å². The van der Waals surface area contributed by atoms with Gasteiger partial charge in [0.2, 0.25) is 0 Å². The van der Waals surface area contributed by atoms with Crippen LogP contribution in [0.4, 0.5) is 5.69 Å². The minimum absolute atomic E-state index is 0.115. The van der Waals surface area contributed by atoms with Gasteiger partial charge in [0.05, 0.1) is 16.8 Å². The predicted molar refractivity (Wildman–Crippen MR) is 131 cm³/mol. The lowest BCUT2D eigenvalue weighted by atomic mass is 10.1. The van der Waals surface area contributed by atoms with Gasteiger partial charge < -0.3 is 0 Å². The summed E-state index contributed by atoms with van der Waals surface area (Å²) >= 11 is 1.64. The molecule has 166 valence electrons. The van der Waals surface area contributed by atoms with E-state index in [2.05, 4.69) is 10.5 Å². The van der Waals surface area contributed by atoms with Crippen molar-refractivity contribution in [2.24, 2.45) is 5.10 Å². The zero-order chi connectivity index (χ0) is 23.1. The van der Waals surface area contributed by atoms with Crippen LogP contribution in [0.25, 0.3) is 0 Å². The summed E-state index contributed by atoms with van der Waals surface area (Å²) < 4.78 is 27.8. The second-order valence-electron chi connectivity index (χ2n) is 7.24. The summed E-state index contributed by atoms with van der Waals surface area (Å²) in [6, 6.07) is 21.2. The fourth-order valence-corrected chi connectivity index (χ4v) is 5.00. The van der Waals surface area contributed by atoms with E-state index in [1.54, 1.807) is 42.1 Å². The Labute approximate surface area is 193 Å². The minimum Gasteiger partial charge on any atom is -0.271 e. The molecule has 3 aromatic rings. The molecule has 0 atom stereocenters. The maximum Gasteiger partial charge on any atom is 0.264 e. The number of nitrogens with one attached hydrogen (secondary N) is 1. The highest BCUT2D eigenvalue weighted by Crippen LogP contribution is 2.25. The van der Waals surface area contributed by atoms with Crippen LogP contribution >= 0.6 is 11.8 Å². The third-order valence-corrected chi connectivity index (χ3v) is 7.16. The molecule has 0 fully saturated rings. The Bertz CT molecular complexity index is 1190. The van der Waals surface area contributed by atoms with E-state index in [0.717, 1.165) is 25.9 Å². The smallest absolute Gasteiger partial charge is 0.264 e. The van der Waals surface area contributed by atoms with Crippen LogP contribution in [0.2, 0.25) is 0 Å². The highest BCUT2D eigenvalue weighted by Gasteiger charge is 2.27. The Morgan fingerprint density at radius 3 is 2.22 bits per heavy atom. The number of nitrogens with zero attached hydrogens (tertiary/aromatic N) is 2. The first-order valence-corrected chi connectivity index (χ1v) is 12.6. The SMILES string of the molecule is CSc1ccc(/C=N\NC(=O)CN(c2cc(C)cc(C)c2)S(=O)(=O)c2ccccc2)cc1. The number of carbonyl (C=O) groups excluding carboxylic acids is 1. The average Bonchev–Trinajstić information content (AvgIpc) is 2.77. The third kappa shape index (κ3) is 5.99. The second-order valence-corrected chi connectivity index (χ2v) is 9.98. The number of rotatable bonds is 8. The molecule has 0 spiro atoms. The molecule has 8 heteroatoms. The molecule has 0 radical (unpaired) electrons. The Morgan fingerprint density at radius 1 is 1.00 bits per heavy atom. The van der Waals surface area contributed by atoms with E-state index in [4.69, 9.17) is 0 Å². The standard InChI is InChI=1S/C24H25N3O3S2/c1-18-13-19(2)15-21(14-18)27(32(29,30)23-7-5-4-6-8-23)17-24(28)26-25-16-20-9-11-22(31-3)12-10-20/h4-16H,17H2,1-3H3,(H,26,28)/b25-16-. The van der Waals surface area contributed by atoms with Crippen LogP contribution in [-0.2, 0) is 14.8 Å². The fourth-order valence-electron chi connectivity index (χ4n) is 3.16. The molecule has 0 aromatic heterocycles. The number of hydrogen-bond acceptors (Lipinski definition) is 5. The highest BCUT2D eigenvalue weighted by atomic mass is 32.2. The van der Waals surface area contributed by atoms with E-state index in [1.165, 1.54) is 18.3 Å². The summed E-state index contributed by atoms with van der Waals surface area (Å²) in [6.45, 7) is 3.37. The second kappa shape index (κ2) is 10.5. The van der Waals surface area contributed by atoms with Crippen molar-refractivity contribution in [2.45, 2.75) is 23.6 Å². The Morgan fingerprint density at radius 2 is 1.62 bits per heavy atom. The Balaban J connectivity index is 1.83. The molecule has 6 nitrogen and oxygen atoms in total. The number of anilines is 1. The van der Waals surface area contributed by atoms with Gasteiger partial charge in [-0.25, -0.2) is 13.8 Å². The summed E-state index contributed by atoms with van der Waals surface area (Å²) in [5.74, 6) is -0.541. The summed E-state index contributed by atoms with van der Waals surface area (Å²) in [5.41, 5.74) is 5.49. The van der Waals surface area contributed by atoms with Gasteiger partial charge in [0.15, 0.2) is 0 Å². The molecule has 0 saturated carbocycles. The number of aryl methyl sites for hydroxylation is 2. The van der Waals surface area contributed by atoms with Gasteiger partial charge in [0, 0.05) is 4.90 Å². The van der Waals surface area contributed by atoms with Crippen molar-refractivity contribution in [2.75, 3.05) is 17.1 Å². The van der Waals surface area contributed by atoms with Gasteiger partial charge in [-0.2, -0.15) is 5.10 Å². The van der Waals surface area contributed by atoms with E-state index in [1.807, 2.05) is 50.4 Å². The van der Waals surface area contributed by atoms with E-state index < -0.39 is 22.5 Å². The topological polar surface area (TPSA) is 78.8 Å². The molecule has 0 bridgehead atoms. The zero-order valence-corrected chi connectivity index (χ0v) is 19.8. The molecule has 32 heavy (non-hydrogen) atoms. The molecule has 0 aliphatic rings. The normalized spacial score (nSPS) is 11.5. The highest BCUT2D eigenvalue weighted by molar-refractivity contribution is 7.98. The van der Waals surface area contributed by atoms with Crippen molar-refractivity contribution < 1.29 is 13.2 Å². The number of sulfonamides is 1. The van der Waals surface area contributed by atoms with Crippen LogP contribution in [0, 0.1) is 13.8 Å². The van der Waals surface area contributed by atoms with Crippen molar-refractivity contribution in [3.63, 3.8) is 0 Å². The molecule has 0 unspecified atom stereocenters. The zero-order valence-electron chi connectivity index (χ0n) is 18.1. The Kier molecular flexibility index (Phi) is 7.71. The number of benzene rings is 3. The molecule has 3 aromatic carbocycles. The van der Waals surface area contributed by atoms with Crippen LogP contribution in [0.1, 0.15) is 16.7 Å². The first-order chi connectivity index (χ1) is 15.3. The van der Waals surface area contributed by atoms with Gasteiger partial charge in [0.25, 0.3) is 15.9 Å². The summed E-state index contributed by atoms with van der Waals surface area (Å²) in [5, 5.41) is 3.98. The number of carbonyl (C=O) groups is 1. The Hall–Kier alpha value is -3.10. The summed E-state index contributed by atoms with van der Waals surface area (Å²) in [7, 11) is -3.95. The van der Waals surface area contributed by atoms with Gasteiger partial charge >= 0.3 is 0 Å². The maximum atomic E-state index is 13.4. The molecular weight excluding hydrogens is 442 g/mol. The molecule has 3 rings (SSSR count).